The van der Waals surface area contributed by atoms with Crippen LogP contribution in [0.25, 0.3) is 22.4 Å². The van der Waals surface area contributed by atoms with E-state index >= 15 is 0 Å². The summed E-state index contributed by atoms with van der Waals surface area (Å²) in [5, 5.41) is 1.00. The number of benzene rings is 2. The van der Waals surface area contributed by atoms with Crippen LogP contribution in [0, 0.1) is 0 Å². The first-order valence-corrected chi connectivity index (χ1v) is 6.10. The number of anilines is 1. The summed E-state index contributed by atoms with van der Waals surface area (Å²) in [5.41, 5.74) is 8.90. The number of H-pyrrole nitrogens is 1. The fourth-order valence-corrected chi connectivity index (χ4v) is 2.23. The monoisotopic (exact) mass is 277 g/mol. The number of hydrogen-bond donors (Lipinski definition) is 2. The van der Waals surface area contributed by atoms with Gasteiger partial charge in [-0.25, -0.2) is 4.98 Å². The number of rotatable bonds is 1. The van der Waals surface area contributed by atoms with Crippen LogP contribution in [0.3, 0.4) is 0 Å². The van der Waals surface area contributed by atoms with Crippen molar-refractivity contribution in [3.8, 4) is 11.4 Å². The van der Waals surface area contributed by atoms with Crippen molar-refractivity contribution in [3.63, 3.8) is 0 Å². The minimum Gasteiger partial charge on any atom is -0.399 e. The molecule has 0 radical (unpaired) electrons. The Kier molecular flexibility index (Phi) is 2.65. The average molecular weight is 278 g/mol. The summed E-state index contributed by atoms with van der Waals surface area (Å²) in [7, 11) is 0. The van der Waals surface area contributed by atoms with E-state index in [0.29, 0.717) is 21.6 Å². The lowest BCUT2D eigenvalue weighted by atomic mass is 10.2. The Labute approximate surface area is 114 Å². The van der Waals surface area contributed by atoms with Gasteiger partial charge in [-0.2, -0.15) is 0 Å². The van der Waals surface area contributed by atoms with Gasteiger partial charge in [0.05, 0.1) is 21.1 Å². The van der Waals surface area contributed by atoms with Gasteiger partial charge in [0.2, 0.25) is 0 Å². The van der Waals surface area contributed by atoms with Crippen LogP contribution in [0.1, 0.15) is 0 Å². The van der Waals surface area contributed by atoms with Crippen molar-refractivity contribution in [1.29, 1.82) is 0 Å². The van der Waals surface area contributed by atoms with Crippen LogP contribution >= 0.6 is 23.2 Å². The van der Waals surface area contributed by atoms with E-state index in [2.05, 4.69) is 9.97 Å². The number of fused-ring (bicyclic) bond motifs is 1. The summed E-state index contributed by atoms with van der Waals surface area (Å²) in [6, 6.07) is 11.0. The first-order chi connectivity index (χ1) is 8.65. The van der Waals surface area contributed by atoms with Gasteiger partial charge in [-0.3, -0.25) is 0 Å². The molecule has 0 bridgehead atoms. The fraction of sp³-hybridized carbons (Fsp3) is 0. The zero-order valence-electron chi connectivity index (χ0n) is 9.24. The fourth-order valence-electron chi connectivity index (χ4n) is 1.84. The second kappa shape index (κ2) is 4.19. The molecule has 1 aromatic heterocycles. The molecule has 0 aliphatic carbocycles. The van der Waals surface area contributed by atoms with Crippen LogP contribution in [0.2, 0.25) is 10.0 Å². The summed E-state index contributed by atoms with van der Waals surface area (Å²) in [4.78, 5) is 7.66. The third-order valence-corrected chi connectivity index (χ3v) is 3.53. The van der Waals surface area contributed by atoms with Gasteiger partial charge in [-0.1, -0.05) is 29.3 Å². The van der Waals surface area contributed by atoms with Crippen LogP contribution in [0.15, 0.2) is 36.4 Å². The number of aromatic amines is 1. The highest BCUT2D eigenvalue weighted by Crippen LogP contribution is 2.32. The number of nitrogens with zero attached hydrogens (tertiary/aromatic N) is 1. The van der Waals surface area contributed by atoms with Crippen LogP contribution in [0.5, 0.6) is 0 Å². The number of nitrogen functional groups attached to an aromatic ring is 1. The molecule has 0 saturated heterocycles. The second-order valence-electron chi connectivity index (χ2n) is 3.96. The molecule has 1 heterocycles. The Balaban J connectivity index is 2.22. The van der Waals surface area contributed by atoms with E-state index in [9.17, 15) is 0 Å². The molecule has 3 N–H and O–H groups in total. The number of nitrogens with two attached hydrogens (primary N) is 1. The lowest BCUT2D eigenvalue weighted by molar-refractivity contribution is 1.34. The van der Waals surface area contributed by atoms with Gasteiger partial charge < -0.3 is 10.7 Å². The predicted molar refractivity (Wildman–Crippen MR) is 76.0 cm³/mol. The molecule has 3 aromatic rings. The van der Waals surface area contributed by atoms with Gasteiger partial charge in [-0.05, 0) is 30.3 Å². The molecule has 3 rings (SSSR count). The highest BCUT2D eigenvalue weighted by Gasteiger charge is 2.11. The topological polar surface area (TPSA) is 54.7 Å². The molecule has 90 valence electrons. The molecule has 0 unspecified atom stereocenters. The van der Waals surface area contributed by atoms with Crippen molar-refractivity contribution in [2.24, 2.45) is 0 Å². The third-order valence-electron chi connectivity index (χ3n) is 2.71. The van der Waals surface area contributed by atoms with Crippen molar-refractivity contribution in [3.05, 3.63) is 46.4 Å². The van der Waals surface area contributed by atoms with Crippen LogP contribution in [0.4, 0.5) is 5.69 Å². The quantitative estimate of drug-likeness (QED) is 0.658. The van der Waals surface area contributed by atoms with Crippen LogP contribution in [-0.4, -0.2) is 9.97 Å². The number of imidazole rings is 1. The van der Waals surface area contributed by atoms with E-state index in [1.54, 1.807) is 6.07 Å². The number of aromatic nitrogens is 2. The molecular weight excluding hydrogens is 269 g/mol. The van der Waals surface area contributed by atoms with Crippen LogP contribution in [-0.2, 0) is 0 Å². The molecule has 0 fully saturated rings. The van der Waals surface area contributed by atoms with Crippen LogP contribution < -0.4 is 5.73 Å². The molecule has 0 atom stereocenters. The molecule has 3 nitrogen and oxygen atoms in total. The summed E-state index contributed by atoms with van der Waals surface area (Å²) < 4.78 is 0. The van der Waals surface area contributed by atoms with E-state index in [-0.39, 0.29) is 0 Å². The number of halogens is 2. The predicted octanol–water partition coefficient (Wildman–Crippen LogP) is 4.12. The second-order valence-corrected chi connectivity index (χ2v) is 4.75. The molecule has 0 saturated carbocycles. The largest absolute Gasteiger partial charge is 0.399 e. The van der Waals surface area contributed by atoms with E-state index in [1.807, 2.05) is 30.3 Å². The zero-order chi connectivity index (χ0) is 12.7. The molecule has 0 amide bonds. The van der Waals surface area contributed by atoms with Crippen molar-refractivity contribution in [1.82, 2.24) is 9.97 Å². The van der Waals surface area contributed by atoms with Crippen molar-refractivity contribution >= 4 is 39.9 Å². The summed E-state index contributed by atoms with van der Waals surface area (Å²) in [5.74, 6) is 0.683. The summed E-state index contributed by atoms with van der Waals surface area (Å²) in [6.45, 7) is 0. The smallest absolute Gasteiger partial charge is 0.140 e. The van der Waals surface area contributed by atoms with Crippen molar-refractivity contribution in [2.45, 2.75) is 0 Å². The first kappa shape index (κ1) is 11.4. The van der Waals surface area contributed by atoms with E-state index < -0.39 is 0 Å². The molecular formula is C13H9Cl2N3. The SMILES string of the molecule is Nc1ccc2[nH]c(-c3cccc(Cl)c3Cl)nc2c1. The highest BCUT2D eigenvalue weighted by atomic mass is 35.5. The minimum atomic E-state index is 0.492. The molecule has 5 heteroatoms. The third kappa shape index (κ3) is 1.82. The molecule has 0 aliphatic heterocycles. The maximum absolute atomic E-state index is 6.17. The maximum Gasteiger partial charge on any atom is 0.140 e. The summed E-state index contributed by atoms with van der Waals surface area (Å²) >= 11 is 12.2. The van der Waals surface area contributed by atoms with Gasteiger partial charge >= 0.3 is 0 Å². The standard InChI is InChI=1S/C13H9Cl2N3/c14-9-3-1-2-8(12(9)15)13-17-10-5-4-7(16)6-11(10)18-13/h1-6H,16H2,(H,17,18). The maximum atomic E-state index is 6.17. The highest BCUT2D eigenvalue weighted by molar-refractivity contribution is 6.43. The van der Waals surface area contributed by atoms with E-state index in [1.165, 1.54) is 0 Å². The normalized spacial score (nSPS) is 11.0. The lowest BCUT2D eigenvalue weighted by Crippen LogP contribution is -1.82. The first-order valence-electron chi connectivity index (χ1n) is 5.35. The van der Waals surface area contributed by atoms with E-state index in [4.69, 9.17) is 28.9 Å². The summed E-state index contributed by atoms with van der Waals surface area (Å²) in [6.07, 6.45) is 0. The van der Waals surface area contributed by atoms with Crippen molar-refractivity contribution in [2.75, 3.05) is 5.73 Å². The van der Waals surface area contributed by atoms with Gasteiger partial charge in [0, 0.05) is 11.3 Å². The van der Waals surface area contributed by atoms with E-state index in [0.717, 1.165) is 16.6 Å². The Morgan fingerprint density at radius 2 is 1.94 bits per heavy atom. The molecule has 18 heavy (non-hydrogen) atoms. The van der Waals surface area contributed by atoms with Gasteiger partial charge in [-0.15, -0.1) is 0 Å². The number of nitrogens with one attached hydrogen (secondary N) is 1. The molecule has 0 aliphatic rings. The minimum absolute atomic E-state index is 0.492. The van der Waals surface area contributed by atoms with Gasteiger partial charge in [0.25, 0.3) is 0 Å². The lowest BCUT2D eigenvalue weighted by Gasteiger charge is -2.01. The Morgan fingerprint density at radius 3 is 2.78 bits per heavy atom. The molecule has 0 spiro atoms. The Bertz CT molecular complexity index is 734. The zero-order valence-corrected chi connectivity index (χ0v) is 10.8. The van der Waals surface area contributed by atoms with Gasteiger partial charge in [0.15, 0.2) is 0 Å². The molecule has 2 aromatic carbocycles. The van der Waals surface area contributed by atoms with Gasteiger partial charge in [0.1, 0.15) is 5.82 Å². The Morgan fingerprint density at radius 1 is 1.11 bits per heavy atom. The Hall–Kier alpha value is -1.71. The average Bonchev–Trinajstić information content (AvgIpc) is 2.75. The number of hydrogen-bond acceptors (Lipinski definition) is 2. The van der Waals surface area contributed by atoms with Crippen molar-refractivity contribution < 1.29 is 0 Å².